The number of benzene rings is 3. The second kappa shape index (κ2) is 7.28. The molecule has 0 aliphatic heterocycles. The van der Waals surface area contributed by atoms with Gasteiger partial charge in [0.05, 0.1) is 11.6 Å². The highest BCUT2D eigenvalue weighted by atomic mass is 14.2. The Morgan fingerprint density at radius 2 is 0.964 bits per heavy atom. The van der Waals surface area contributed by atoms with Gasteiger partial charge in [-0.2, -0.15) is 5.26 Å². The molecule has 3 aromatic carbocycles. The Bertz CT molecular complexity index is 1000. The second-order valence-corrected chi connectivity index (χ2v) is 9.57. The standard InChI is InChI=1S/C27H29N/c1-26(2,3)24-13-11-21(12-14-24)23-15-22(16-25(17-23)27(4,5)6)20-9-7-19(18-28)8-10-20/h7-17H,1-6H3. The third kappa shape index (κ3) is 4.34. The first kappa shape index (κ1) is 19.9. The first-order valence-electron chi connectivity index (χ1n) is 9.85. The van der Waals surface area contributed by atoms with Gasteiger partial charge in [0.15, 0.2) is 0 Å². The molecule has 1 heteroatoms. The summed E-state index contributed by atoms with van der Waals surface area (Å²) in [4.78, 5) is 0. The molecule has 0 aliphatic carbocycles. The number of nitriles is 1. The van der Waals surface area contributed by atoms with Crippen LogP contribution >= 0.6 is 0 Å². The van der Waals surface area contributed by atoms with E-state index in [4.69, 9.17) is 5.26 Å². The Hall–Kier alpha value is -2.85. The van der Waals surface area contributed by atoms with Crippen molar-refractivity contribution in [1.82, 2.24) is 0 Å². The smallest absolute Gasteiger partial charge is 0.0991 e. The molecule has 0 saturated heterocycles. The fourth-order valence-corrected chi connectivity index (χ4v) is 3.29. The van der Waals surface area contributed by atoms with E-state index in [1.54, 1.807) is 0 Å². The van der Waals surface area contributed by atoms with Crippen LogP contribution in [0.15, 0.2) is 66.7 Å². The summed E-state index contributed by atoms with van der Waals surface area (Å²) in [5, 5.41) is 9.07. The molecule has 0 amide bonds. The molecule has 3 rings (SSSR count). The average molecular weight is 368 g/mol. The summed E-state index contributed by atoms with van der Waals surface area (Å²) in [5.74, 6) is 0. The Kier molecular flexibility index (Phi) is 5.18. The minimum Gasteiger partial charge on any atom is -0.192 e. The zero-order chi connectivity index (χ0) is 20.5. The first-order chi connectivity index (χ1) is 13.1. The Balaban J connectivity index is 2.11. The van der Waals surface area contributed by atoms with Crippen molar-refractivity contribution in [2.75, 3.05) is 0 Å². The van der Waals surface area contributed by atoms with Gasteiger partial charge in [-0.15, -0.1) is 0 Å². The lowest BCUT2D eigenvalue weighted by Crippen LogP contribution is -2.11. The van der Waals surface area contributed by atoms with Crippen molar-refractivity contribution in [2.24, 2.45) is 0 Å². The fraction of sp³-hybridized carbons (Fsp3) is 0.296. The lowest BCUT2D eigenvalue weighted by atomic mass is 9.82. The summed E-state index contributed by atoms with van der Waals surface area (Å²) in [5.41, 5.74) is 8.33. The van der Waals surface area contributed by atoms with E-state index in [0.29, 0.717) is 5.56 Å². The number of hydrogen-bond donors (Lipinski definition) is 0. The molecule has 28 heavy (non-hydrogen) atoms. The quantitative estimate of drug-likeness (QED) is 0.460. The van der Waals surface area contributed by atoms with Crippen molar-refractivity contribution in [3.05, 3.63) is 83.4 Å². The van der Waals surface area contributed by atoms with Gasteiger partial charge in [-0.05, 0) is 62.4 Å². The number of hydrogen-bond acceptors (Lipinski definition) is 1. The van der Waals surface area contributed by atoms with Gasteiger partial charge in [0, 0.05) is 0 Å². The summed E-state index contributed by atoms with van der Waals surface area (Å²) in [6, 6.07) is 25.8. The molecular weight excluding hydrogens is 338 g/mol. The fourth-order valence-electron chi connectivity index (χ4n) is 3.29. The van der Waals surface area contributed by atoms with Gasteiger partial charge < -0.3 is 0 Å². The van der Waals surface area contributed by atoms with Gasteiger partial charge in [0.1, 0.15) is 0 Å². The maximum absolute atomic E-state index is 9.07. The summed E-state index contributed by atoms with van der Waals surface area (Å²) >= 11 is 0. The van der Waals surface area contributed by atoms with Crippen LogP contribution in [0.1, 0.15) is 58.2 Å². The van der Waals surface area contributed by atoms with Crippen LogP contribution in [0.2, 0.25) is 0 Å². The SMILES string of the molecule is CC(C)(C)c1ccc(-c2cc(-c3ccc(C#N)cc3)cc(C(C)(C)C)c2)cc1. The third-order valence-electron chi connectivity index (χ3n) is 5.23. The lowest BCUT2D eigenvalue weighted by molar-refractivity contribution is 0.590. The molecule has 0 atom stereocenters. The molecule has 0 saturated carbocycles. The summed E-state index contributed by atoms with van der Waals surface area (Å²) in [7, 11) is 0. The van der Waals surface area contributed by atoms with Crippen molar-refractivity contribution < 1.29 is 0 Å². The van der Waals surface area contributed by atoms with E-state index < -0.39 is 0 Å². The minimum atomic E-state index is 0.0582. The molecule has 0 fully saturated rings. The molecule has 0 heterocycles. The van der Waals surface area contributed by atoms with Gasteiger partial charge in [-0.3, -0.25) is 0 Å². The van der Waals surface area contributed by atoms with Crippen LogP contribution in [0.4, 0.5) is 0 Å². The zero-order valence-corrected chi connectivity index (χ0v) is 17.8. The number of nitrogens with zero attached hydrogens (tertiary/aromatic N) is 1. The summed E-state index contributed by atoms with van der Waals surface area (Å²) < 4.78 is 0. The van der Waals surface area contributed by atoms with E-state index in [9.17, 15) is 0 Å². The highest BCUT2D eigenvalue weighted by molar-refractivity contribution is 5.75. The predicted octanol–water partition coefficient (Wildman–Crippen LogP) is 7.49. The van der Waals surface area contributed by atoms with E-state index >= 15 is 0 Å². The largest absolute Gasteiger partial charge is 0.192 e. The molecule has 0 aliphatic rings. The van der Waals surface area contributed by atoms with Crippen molar-refractivity contribution in [2.45, 2.75) is 52.4 Å². The topological polar surface area (TPSA) is 23.8 Å². The van der Waals surface area contributed by atoms with Crippen molar-refractivity contribution in [3.8, 4) is 28.3 Å². The molecule has 3 aromatic rings. The normalized spacial score (nSPS) is 11.9. The van der Waals surface area contributed by atoms with Gasteiger partial charge in [0.25, 0.3) is 0 Å². The van der Waals surface area contributed by atoms with Crippen molar-refractivity contribution >= 4 is 0 Å². The molecule has 0 N–H and O–H groups in total. The zero-order valence-electron chi connectivity index (χ0n) is 17.8. The molecule has 142 valence electrons. The van der Waals surface area contributed by atoms with E-state index in [1.807, 2.05) is 24.3 Å². The third-order valence-corrected chi connectivity index (χ3v) is 5.23. The van der Waals surface area contributed by atoms with Crippen LogP contribution in [0.5, 0.6) is 0 Å². The highest BCUT2D eigenvalue weighted by Crippen LogP contribution is 2.34. The summed E-state index contributed by atoms with van der Waals surface area (Å²) in [6.07, 6.45) is 0. The monoisotopic (exact) mass is 367 g/mol. The van der Waals surface area contributed by atoms with Crippen LogP contribution < -0.4 is 0 Å². The molecule has 0 unspecified atom stereocenters. The maximum Gasteiger partial charge on any atom is 0.0991 e. The van der Waals surface area contributed by atoms with Crippen LogP contribution in [0, 0.1) is 11.3 Å². The van der Waals surface area contributed by atoms with E-state index in [1.165, 1.54) is 27.8 Å². The van der Waals surface area contributed by atoms with Crippen LogP contribution in [0.3, 0.4) is 0 Å². The lowest BCUT2D eigenvalue weighted by Gasteiger charge is -2.22. The minimum absolute atomic E-state index is 0.0582. The Morgan fingerprint density at radius 1 is 0.536 bits per heavy atom. The van der Waals surface area contributed by atoms with Gasteiger partial charge in [-0.1, -0.05) is 90.1 Å². The molecule has 1 nitrogen and oxygen atoms in total. The van der Waals surface area contributed by atoms with Gasteiger partial charge >= 0.3 is 0 Å². The molecule has 0 aromatic heterocycles. The van der Waals surface area contributed by atoms with E-state index in [-0.39, 0.29) is 10.8 Å². The van der Waals surface area contributed by atoms with E-state index in [0.717, 1.165) is 5.56 Å². The number of rotatable bonds is 2. The van der Waals surface area contributed by atoms with E-state index in [2.05, 4.69) is 90.1 Å². The van der Waals surface area contributed by atoms with Gasteiger partial charge in [-0.25, -0.2) is 0 Å². The molecule has 0 bridgehead atoms. The van der Waals surface area contributed by atoms with Crippen LogP contribution in [-0.4, -0.2) is 0 Å². The maximum atomic E-state index is 9.07. The highest BCUT2D eigenvalue weighted by Gasteiger charge is 2.17. The van der Waals surface area contributed by atoms with Crippen LogP contribution in [0.25, 0.3) is 22.3 Å². The summed E-state index contributed by atoms with van der Waals surface area (Å²) in [6.45, 7) is 13.5. The molecule has 0 spiro atoms. The van der Waals surface area contributed by atoms with Gasteiger partial charge in [0.2, 0.25) is 0 Å². The molecular formula is C27H29N. The molecule has 0 radical (unpaired) electrons. The van der Waals surface area contributed by atoms with Crippen LogP contribution in [-0.2, 0) is 10.8 Å². The average Bonchev–Trinajstić information content (AvgIpc) is 2.66. The first-order valence-corrected chi connectivity index (χ1v) is 9.85. The second-order valence-electron chi connectivity index (χ2n) is 9.57. The Labute approximate surface area is 169 Å². The Morgan fingerprint density at radius 3 is 1.36 bits per heavy atom. The van der Waals surface area contributed by atoms with Crippen molar-refractivity contribution in [1.29, 1.82) is 5.26 Å². The van der Waals surface area contributed by atoms with Crippen molar-refractivity contribution in [3.63, 3.8) is 0 Å². The predicted molar refractivity (Wildman–Crippen MR) is 119 cm³/mol.